The smallest absolute Gasteiger partial charge is 0.230 e. The van der Waals surface area contributed by atoms with E-state index in [4.69, 9.17) is 45.8 Å². The van der Waals surface area contributed by atoms with Crippen LogP contribution < -0.4 is 23.2 Å². The van der Waals surface area contributed by atoms with Crippen LogP contribution in [0.15, 0.2) is 42.1 Å². The minimum atomic E-state index is -1.18. The Labute approximate surface area is 133 Å². The molecular weight excluding hydrogens is 336 g/mol. The Morgan fingerprint density at radius 3 is 2.29 bits per heavy atom. The average molecular weight is 349 g/mol. The van der Waals surface area contributed by atoms with E-state index >= 15 is 0 Å². The van der Waals surface area contributed by atoms with E-state index in [2.05, 4.69) is 20.4 Å². The average Bonchev–Trinajstić information content (AvgIpc) is 2.47. The first-order chi connectivity index (χ1) is 9.89. The minimum Gasteiger partial charge on any atom is -0.399 e. The van der Waals surface area contributed by atoms with Crippen molar-refractivity contribution >= 4 is 45.5 Å². The molecule has 1 aliphatic carbocycles. The van der Waals surface area contributed by atoms with Crippen LogP contribution in [-0.2, 0) is 0 Å². The molecule has 21 heavy (non-hydrogen) atoms. The summed E-state index contributed by atoms with van der Waals surface area (Å²) in [5.41, 5.74) is 26.4. The van der Waals surface area contributed by atoms with E-state index in [9.17, 15) is 0 Å². The van der Waals surface area contributed by atoms with Gasteiger partial charge in [0.25, 0.3) is 0 Å². The molecule has 10 N–H and O–H groups in total. The maximum atomic E-state index is 6.96. The van der Waals surface area contributed by atoms with Crippen molar-refractivity contribution in [2.75, 3.05) is 0 Å². The molecule has 1 unspecified atom stereocenters. The molecule has 114 valence electrons. The highest BCUT2D eigenvalue weighted by atomic mass is 35.5. The van der Waals surface area contributed by atoms with Gasteiger partial charge in [-0.15, -0.1) is 10.2 Å². The third-order valence-corrected chi connectivity index (χ3v) is 4.61. The number of halogens is 1. The van der Waals surface area contributed by atoms with Gasteiger partial charge in [0.15, 0.2) is 0 Å². The summed E-state index contributed by atoms with van der Waals surface area (Å²) in [5, 5.41) is 13.3. The Balaban J connectivity index is 3.18. The van der Waals surface area contributed by atoms with Gasteiger partial charge in [-0.25, -0.2) is 11.1 Å². The van der Waals surface area contributed by atoms with E-state index in [1.54, 1.807) is 6.08 Å². The van der Waals surface area contributed by atoms with E-state index < -0.39 is 4.87 Å². The van der Waals surface area contributed by atoms with E-state index in [1.807, 2.05) is 0 Å². The zero-order valence-corrected chi connectivity index (χ0v) is 13.0. The van der Waals surface area contributed by atoms with E-state index in [0.717, 1.165) is 23.5 Å². The van der Waals surface area contributed by atoms with Gasteiger partial charge in [0.05, 0.1) is 5.70 Å². The fourth-order valence-corrected chi connectivity index (χ4v) is 3.61. The van der Waals surface area contributed by atoms with E-state index in [0.29, 0.717) is 9.94 Å². The second kappa shape index (κ2) is 7.40. The summed E-state index contributed by atoms with van der Waals surface area (Å²) in [5.74, 6) is 10.2. The molecule has 10 nitrogen and oxygen atoms in total. The molecule has 0 aromatic rings. The lowest BCUT2D eigenvalue weighted by Crippen LogP contribution is -2.44. The maximum absolute atomic E-state index is 6.96. The van der Waals surface area contributed by atoms with Gasteiger partial charge in [0, 0.05) is 16.4 Å². The van der Waals surface area contributed by atoms with Gasteiger partial charge in [0.2, 0.25) is 10.3 Å². The van der Waals surface area contributed by atoms with Crippen LogP contribution in [0.4, 0.5) is 0 Å². The third kappa shape index (κ3) is 4.17. The number of amidine groups is 2. The molecular formula is C8H13ClN10S2. The van der Waals surface area contributed by atoms with Crippen molar-refractivity contribution in [3.63, 3.8) is 0 Å². The second-order valence-corrected chi connectivity index (χ2v) is 6.48. The van der Waals surface area contributed by atoms with Crippen molar-refractivity contribution in [1.29, 1.82) is 11.1 Å². The molecule has 0 fully saturated rings. The summed E-state index contributed by atoms with van der Waals surface area (Å²) in [7, 11) is 0. The summed E-state index contributed by atoms with van der Waals surface area (Å²) in [6.45, 7) is 0. The van der Waals surface area contributed by atoms with Crippen LogP contribution in [-0.4, -0.2) is 15.2 Å². The molecule has 0 aromatic carbocycles. The Bertz CT molecular complexity index is 567. The van der Waals surface area contributed by atoms with Gasteiger partial charge in [-0.2, -0.15) is 10.2 Å². The van der Waals surface area contributed by atoms with Crippen LogP contribution in [0.5, 0.6) is 0 Å². The Morgan fingerprint density at radius 1 is 1.24 bits per heavy atom. The standard InChI is InChI=1S/C8H13ClN10S2/c9-3-1-4(20-6(16-12)17-13)5(10)8(11,2-3)21-7(18-14)19-15/h1,12,14H,2,10-11,13,15H2. The van der Waals surface area contributed by atoms with Crippen molar-refractivity contribution in [1.82, 2.24) is 0 Å². The largest absolute Gasteiger partial charge is 0.399 e. The molecule has 0 aromatic heterocycles. The third-order valence-electron chi connectivity index (χ3n) is 2.33. The predicted octanol–water partition coefficient (Wildman–Crippen LogP) is 1.33. The number of nitrogens with two attached hydrogens (primary N) is 4. The first-order valence-electron chi connectivity index (χ1n) is 5.23. The number of rotatable bonds is 2. The fraction of sp³-hybridized carbons (Fsp3) is 0.250. The Kier molecular flexibility index (Phi) is 6.14. The van der Waals surface area contributed by atoms with Crippen LogP contribution in [0.3, 0.4) is 0 Å². The normalized spacial score (nSPS) is 23.8. The summed E-state index contributed by atoms with van der Waals surface area (Å²) < 4.78 is 0. The second-order valence-electron chi connectivity index (χ2n) is 3.69. The Morgan fingerprint density at radius 2 is 1.81 bits per heavy atom. The highest BCUT2D eigenvalue weighted by molar-refractivity contribution is 8.17. The number of thioether (sulfide) groups is 2. The number of hydrogen-bond donors (Lipinski definition) is 6. The molecule has 0 saturated heterocycles. The molecule has 0 bridgehead atoms. The molecule has 0 amide bonds. The lowest BCUT2D eigenvalue weighted by molar-refractivity contribution is 0.694. The summed E-state index contributed by atoms with van der Waals surface area (Å²) >= 11 is 7.92. The highest BCUT2D eigenvalue weighted by Crippen LogP contribution is 2.42. The first kappa shape index (κ1) is 17.4. The number of hydrazone groups is 2. The number of nitrogens with zero attached hydrogens (tertiary/aromatic N) is 4. The monoisotopic (exact) mass is 348 g/mol. The predicted molar refractivity (Wildman–Crippen MR) is 85.4 cm³/mol. The van der Waals surface area contributed by atoms with Gasteiger partial charge in [0.1, 0.15) is 4.87 Å². The molecule has 0 saturated carbocycles. The molecule has 13 heteroatoms. The van der Waals surface area contributed by atoms with Crippen LogP contribution >= 0.6 is 35.1 Å². The molecule has 1 atom stereocenters. The van der Waals surface area contributed by atoms with Gasteiger partial charge in [-0.1, -0.05) is 23.4 Å². The van der Waals surface area contributed by atoms with Crippen molar-refractivity contribution in [3.05, 3.63) is 21.7 Å². The highest BCUT2D eigenvalue weighted by Gasteiger charge is 2.37. The van der Waals surface area contributed by atoms with Gasteiger partial charge >= 0.3 is 0 Å². The zero-order valence-electron chi connectivity index (χ0n) is 10.6. The SMILES string of the molecule is N=NC(=NN)SC1=C(N)C(N)(SC(N=N)=NN)CC(Cl)=C1. The minimum absolute atomic E-state index is 0.0131. The zero-order chi connectivity index (χ0) is 16.0. The summed E-state index contributed by atoms with van der Waals surface area (Å²) in [6.07, 6.45) is 1.79. The van der Waals surface area contributed by atoms with Crippen LogP contribution in [0.25, 0.3) is 0 Å². The Hall–Kier alpha value is -1.63. The lowest BCUT2D eigenvalue weighted by atomic mass is 10.1. The van der Waals surface area contributed by atoms with Crippen molar-refractivity contribution in [3.8, 4) is 0 Å². The molecule has 0 radical (unpaired) electrons. The topological polar surface area (TPSA) is 201 Å². The molecule has 0 spiro atoms. The van der Waals surface area contributed by atoms with Gasteiger partial charge < -0.3 is 23.2 Å². The lowest BCUT2D eigenvalue weighted by Gasteiger charge is -2.32. The summed E-state index contributed by atoms with van der Waals surface area (Å²) in [4.78, 5) is -0.735. The van der Waals surface area contributed by atoms with Gasteiger partial charge in [-0.3, -0.25) is 0 Å². The molecule has 1 aliphatic rings. The van der Waals surface area contributed by atoms with Crippen molar-refractivity contribution in [2.45, 2.75) is 11.3 Å². The quantitative estimate of drug-likeness (QED) is 0.108. The fourth-order valence-electron chi connectivity index (χ4n) is 1.42. The van der Waals surface area contributed by atoms with Crippen LogP contribution in [0.1, 0.15) is 6.42 Å². The number of hydrogen-bond acceptors (Lipinski definition) is 10. The van der Waals surface area contributed by atoms with Crippen molar-refractivity contribution < 1.29 is 0 Å². The maximum Gasteiger partial charge on any atom is 0.230 e. The van der Waals surface area contributed by atoms with E-state index in [-0.39, 0.29) is 22.5 Å². The molecule has 1 rings (SSSR count). The van der Waals surface area contributed by atoms with E-state index in [1.165, 1.54) is 0 Å². The number of allylic oxidation sites excluding steroid dienone is 1. The molecule has 0 aliphatic heterocycles. The van der Waals surface area contributed by atoms with Crippen LogP contribution in [0, 0.1) is 11.1 Å². The van der Waals surface area contributed by atoms with Crippen molar-refractivity contribution in [2.24, 2.45) is 43.6 Å². The van der Waals surface area contributed by atoms with Gasteiger partial charge in [-0.05, 0) is 17.8 Å². The van der Waals surface area contributed by atoms with Crippen LogP contribution in [0.2, 0.25) is 0 Å². The molecule has 0 heterocycles. The first-order valence-corrected chi connectivity index (χ1v) is 7.24. The summed E-state index contributed by atoms with van der Waals surface area (Å²) in [6, 6.07) is 0. The number of nitrogens with one attached hydrogen (secondary N) is 2.